The van der Waals surface area contributed by atoms with Crippen LogP contribution in [0.2, 0.25) is 5.02 Å². The number of benzene rings is 1. The third-order valence-corrected chi connectivity index (χ3v) is 3.94. The number of hydrogen-bond acceptors (Lipinski definition) is 5. The Labute approximate surface area is 120 Å². The molecule has 0 aliphatic heterocycles. The average Bonchev–Trinajstić information content (AvgIpc) is 2.27. The first-order valence-electron chi connectivity index (χ1n) is 5.20. The summed E-state index contributed by atoms with van der Waals surface area (Å²) in [4.78, 5) is 11.4. The standard InChI is InChI=1S/C11H12Cl2O5S/c1-7(6-17-2)18-11(14)8-3-4-9(12)10(5-8)19(13,15)16/h3-5,7H,6H2,1-2H3. The number of ether oxygens (including phenoxy) is 2. The molecule has 1 aromatic rings. The van der Waals surface area contributed by atoms with E-state index in [2.05, 4.69) is 0 Å². The largest absolute Gasteiger partial charge is 0.457 e. The average molecular weight is 327 g/mol. The third kappa shape index (κ3) is 4.65. The summed E-state index contributed by atoms with van der Waals surface area (Å²) in [7, 11) is 2.67. The van der Waals surface area contributed by atoms with Gasteiger partial charge in [-0.15, -0.1) is 0 Å². The highest BCUT2D eigenvalue weighted by Crippen LogP contribution is 2.26. The summed E-state index contributed by atoms with van der Waals surface area (Å²) in [5.74, 6) is -0.678. The van der Waals surface area contributed by atoms with Crippen LogP contribution in [-0.2, 0) is 18.5 Å². The lowest BCUT2D eigenvalue weighted by Gasteiger charge is -2.12. The van der Waals surface area contributed by atoms with Gasteiger partial charge < -0.3 is 9.47 Å². The van der Waals surface area contributed by atoms with Crippen molar-refractivity contribution in [2.75, 3.05) is 13.7 Å². The molecule has 1 atom stereocenters. The summed E-state index contributed by atoms with van der Waals surface area (Å²) < 4.78 is 32.4. The minimum Gasteiger partial charge on any atom is -0.457 e. The number of rotatable bonds is 5. The van der Waals surface area contributed by atoms with Crippen molar-refractivity contribution in [3.63, 3.8) is 0 Å². The predicted octanol–water partition coefficient (Wildman–Crippen LogP) is 2.46. The van der Waals surface area contributed by atoms with Gasteiger partial charge in [0.2, 0.25) is 0 Å². The molecule has 0 aliphatic rings. The molecule has 0 fully saturated rings. The van der Waals surface area contributed by atoms with E-state index in [-0.39, 0.29) is 22.1 Å². The molecule has 0 saturated carbocycles. The zero-order chi connectivity index (χ0) is 14.6. The Balaban J connectivity index is 3.00. The van der Waals surface area contributed by atoms with E-state index < -0.39 is 21.1 Å². The van der Waals surface area contributed by atoms with E-state index in [1.807, 2.05) is 0 Å². The quantitative estimate of drug-likeness (QED) is 0.614. The summed E-state index contributed by atoms with van der Waals surface area (Å²) in [6.45, 7) is 1.89. The van der Waals surface area contributed by atoms with Crippen LogP contribution in [0, 0.1) is 0 Å². The number of methoxy groups -OCH3 is 1. The minimum absolute atomic E-state index is 0.0478. The summed E-state index contributed by atoms with van der Waals surface area (Å²) >= 11 is 5.71. The fourth-order valence-corrected chi connectivity index (χ4v) is 2.83. The van der Waals surface area contributed by atoms with Gasteiger partial charge in [-0.3, -0.25) is 0 Å². The molecule has 0 N–H and O–H groups in total. The maximum Gasteiger partial charge on any atom is 0.338 e. The smallest absolute Gasteiger partial charge is 0.338 e. The maximum absolute atomic E-state index is 11.8. The highest BCUT2D eigenvalue weighted by molar-refractivity contribution is 8.13. The van der Waals surface area contributed by atoms with Crippen LogP contribution in [0.4, 0.5) is 0 Å². The van der Waals surface area contributed by atoms with Crippen molar-refractivity contribution in [2.45, 2.75) is 17.9 Å². The number of hydrogen-bond donors (Lipinski definition) is 0. The van der Waals surface area contributed by atoms with Crippen LogP contribution in [0.1, 0.15) is 17.3 Å². The van der Waals surface area contributed by atoms with Gasteiger partial charge >= 0.3 is 5.97 Å². The van der Waals surface area contributed by atoms with E-state index in [0.717, 1.165) is 6.07 Å². The predicted molar refractivity (Wildman–Crippen MR) is 71.2 cm³/mol. The van der Waals surface area contributed by atoms with E-state index in [0.29, 0.717) is 0 Å². The van der Waals surface area contributed by atoms with Gasteiger partial charge in [0.1, 0.15) is 11.0 Å². The van der Waals surface area contributed by atoms with Crippen LogP contribution < -0.4 is 0 Å². The number of carbonyl (C=O) groups excluding carboxylic acids is 1. The SMILES string of the molecule is COCC(C)OC(=O)c1ccc(Cl)c(S(=O)(=O)Cl)c1. The molecule has 0 aliphatic carbocycles. The molecular formula is C11H12Cl2O5S. The molecule has 0 bridgehead atoms. The Morgan fingerprint density at radius 3 is 2.58 bits per heavy atom. The van der Waals surface area contributed by atoms with Gasteiger partial charge in [-0.2, -0.15) is 0 Å². The maximum atomic E-state index is 11.8. The van der Waals surface area contributed by atoms with Crippen LogP contribution in [0.25, 0.3) is 0 Å². The Morgan fingerprint density at radius 2 is 2.05 bits per heavy atom. The second-order valence-corrected chi connectivity index (χ2v) is 6.70. The zero-order valence-electron chi connectivity index (χ0n) is 10.2. The van der Waals surface area contributed by atoms with Gasteiger partial charge in [-0.1, -0.05) is 11.6 Å². The highest BCUT2D eigenvalue weighted by atomic mass is 35.7. The van der Waals surface area contributed by atoms with Crippen molar-refractivity contribution in [1.29, 1.82) is 0 Å². The Hall–Kier alpha value is -0.820. The Morgan fingerprint density at radius 1 is 1.42 bits per heavy atom. The van der Waals surface area contributed by atoms with E-state index in [1.165, 1.54) is 19.2 Å². The van der Waals surface area contributed by atoms with Gasteiger partial charge in [-0.25, -0.2) is 13.2 Å². The van der Waals surface area contributed by atoms with E-state index in [9.17, 15) is 13.2 Å². The van der Waals surface area contributed by atoms with Gasteiger partial charge in [-0.05, 0) is 25.1 Å². The number of halogens is 2. The third-order valence-electron chi connectivity index (χ3n) is 2.14. The Bertz CT molecular complexity index is 570. The minimum atomic E-state index is -4.02. The van der Waals surface area contributed by atoms with Crippen molar-refractivity contribution in [3.8, 4) is 0 Å². The molecule has 1 aromatic carbocycles. The number of carbonyl (C=O) groups is 1. The lowest BCUT2D eigenvalue weighted by molar-refractivity contribution is 0.0120. The van der Waals surface area contributed by atoms with Crippen molar-refractivity contribution >= 4 is 37.3 Å². The van der Waals surface area contributed by atoms with Gasteiger partial charge in [0.25, 0.3) is 9.05 Å². The second kappa shape index (κ2) is 6.56. The Kier molecular flexibility index (Phi) is 5.61. The molecule has 5 nitrogen and oxygen atoms in total. The van der Waals surface area contributed by atoms with Gasteiger partial charge in [0, 0.05) is 17.8 Å². The molecule has 0 spiro atoms. The molecule has 0 radical (unpaired) electrons. The second-order valence-electron chi connectivity index (χ2n) is 3.75. The van der Waals surface area contributed by atoms with Crippen molar-refractivity contribution in [1.82, 2.24) is 0 Å². The van der Waals surface area contributed by atoms with E-state index in [1.54, 1.807) is 6.92 Å². The van der Waals surface area contributed by atoms with Gasteiger partial charge in [0.05, 0.1) is 17.2 Å². The molecule has 106 valence electrons. The van der Waals surface area contributed by atoms with E-state index >= 15 is 0 Å². The van der Waals surface area contributed by atoms with Gasteiger partial charge in [0.15, 0.2) is 0 Å². The molecule has 1 rings (SSSR count). The molecule has 19 heavy (non-hydrogen) atoms. The molecule has 0 amide bonds. The molecule has 0 heterocycles. The van der Waals surface area contributed by atoms with Crippen LogP contribution in [-0.4, -0.2) is 34.2 Å². The molecule has 0 aromatic heterocycles. The lowest BCUT2D eigenvalue weighted by atomic mass is 10.2. The summed E-state index contributed by atoms with van der Waals surface area (Å²) in [6.07, 6.45) is -0.454. The molecule has 8 heteroatoms. The van der Waals surface area contributed by atoms with Crippen molar-refractivity contribution in [3.05, 3.63) is 28.8 Å². The first-order chi connectivity index (χ1) is 8.75. The van der Waals surface area contributed by atoms with Crippen molar-refractivity contribution in [2.24, 2.45) is 0 Å². The molecule has 0 saturated heterocycles. The topological polar surface area (TPSA) is 69.7 Å². The molecule has 1 unspecified atom stereocenters. The van der Waals surface area contributed by atoms with Crippen LogP contribution in [0.3, 0.4) is 0 Å². The zero-order valence-corrected chi connectivity index (χ0v) is 12.6. The van der Waals surface area contributed by atoms with Crippen LogP contribution in [0.5, 0.6) is 0 Å². The lowest BCUT2D eigenvalue weighted by Crippen LogP contribution is -2.19. The van der Waals surface area contributed by atoms with Crippen LogP contribution >= 0.6 is 22.3 Å². The summed E-state index contributed by atoms with van der Waals surface area (Å²) in [5, 5.41) is -0.0588. The van der Waals surface area contributed by atoms with E-state index in [4.69, 9.17) is 31.8 Å². The summed E-state index contributed by atoms with van der Waals surface area (Å²) in [5.41, 5.74) is 0.0478. The first-order valence-corrected chi connectivity index (χ1v) is 7.88. The van der Waals surface area contributed by atoms with Crippen molar-refractivity contribution < 1.29 is 22.7 Å². The highest BCUT2D eigenvalue weighted by Gasteiger charge is 2.19. The number of esters is 1. The first kappa shape index (κ1) is 16.2. The monoisotopic (exact) mass is 326 g/mol. The van der Waals surface area contributed by atoms with Crippen LogP contribution in [0.15, 0.2) is 23.1 Å². The molecular weight excluding hydrogens is 315 g/mol. The normalized spacial score (nSPS) is 13.1. The summed E-state index contributed by atoms with van der Waals surface area (Å²) in [6, 6.07) is 3.71. The fourth-order valence-electron chi connectivity index (χ4n) is 1.34. The fraction of sp³-hybridized carbons (Fsp3) is 0.364.